The predicted molar refractivity (Wildman–Crippen MR) is 260 cm³/mol. The van der Waals surface area contributed by atoms with Crippen molar-refractivity contribution in [2.45, 2.75) is 219 Å². The summed E-state index contributed by atoms with van der Waals surface area (Å²) in [4.78, 5) is 37.8. The Morgan fingerprint density at radius 1 is 0.344 bits per heavy atom. The largest absolute Gasteiger partial charge is 0.462 e. The Kier molecular flexibility index (Phi) is 46.0. The van der Waals surface area contributed by atoms with Crippen LogP contribution in [0, 0.1) is 0 Å². The van der Waals surface area contributed by atoms with Crippen LogP contribution in [0.4, 0.5) is 0 Å². The van der Waals surface area contributed by atoms with E-state index in [1.807, 2.05) is 0 Å². The van der Waals surface area contributed by atoms with Crippen LogP contribution in [0.2, 0.25) is 0 Å². The molecule has 0 heterocycles. The molecule has 0 aromatic carbocycles. The predicted octanol–water partition coefficient (Wildman–Crippen LogP) is 16.2. The first-order valence-corrected chi connectivity index (χ1v) is 24.7. The summed E-state index contributed by atoms with van der Waals surface area (Å²) in [5, 5.41) is 0. The lowest BCUT2D eigenvalue weighted by Gasteiger charge is -2.18. The van der Waals surface area contributed by atoms with Gasteiger partial charge in [0.25, 0.3) is 0 Å². The molecule has 1 atom stereocenters. The van der Waals surface area contributed by atoms with Gasteiger partial charge in [0.15, 0.2) is 6.10 Å². The first-order valence-electron chi connectivity index (χ1n) is 24.7. The number of unbranched alkanes of at least 4 members (excludes halogenated alkanes) is 16. The maximum Gasteiger partial charge on any atom is 0.306 e. The first kappa shape index (κ1) is 57.3. The third-order valence-electron chi connectivity index (χ3n) is 10.0. The van der Waals surface area contributed by atoms with E-state index in [1.54, 1.807) is 0 Å². The van der Waals surface area contributed by atoms with Crippen molar-refractivity contribution in [1.82, 2.24) is 0 Å². The number of hydrogen-bond acceptors (Lipinski definition) is 6. The molecule has 0 bridgehead atoms. The maximum absolute atomic E-state index is 12.8. The summed E-state index contributed by atoms with van der Waals surface area (Å²) in [7, 11) is 0. The molecule has 61 heavy (non-hydrogen) atoms. The van der Waals surface area contributed by atoms with E-state index in [-0.39, 0.29) is 37.5 Å². The summed E-state index contributed by atoms with van der Waals surface area (Å²) in [5.41, 5.74) is 0. The number of allylic oxidation sites excluding steroid dienone is 16. The second-order valence-electron chi connectivity index (χ2n) is 16.0. The van der Waals surface area contributed by atoms with Gasteiger partial charge in [-0.15, -0.1) is 0 Å². The quantitative estimate of drug-likeness (QED) is 0.0263. The molecule has 6 heteroatoms. The molecule has 0 N–H and O–H groups in total. The van der Waals surface area contributed by atoms with E-state index >= 15 is 0 Å². The van der Waals surface area contributed by atoms with Crippen LogP contribution in [0.3, 0.4) is 0 Å². The summed E-state index contributed by atoms with van der Waals surface area (Å²) in [6.07, 6.45) is 63.9. The van der Waals surface area contributed by atoms with Crippen molar-refractivity contribution in [2.24, 2.45) is 0 Å². The standard InChI is InChI=1S/C55H90O6/c1-4-7-10-13-16-19-22-24-26-28-30-31-33-36-39-42-45-48-54(57)60-51-52(50-59-53(56)47-44-41-38-35-21-18-15-12-9-6-3)61-55(58)49-46-43-40-37-34-32-29-27-25-23-20-17-14-11-8-5-2/h8,11,15-20,24-27,30-31,36,39,52H,4-7,9-10,12-14,21-23,28-29,32-35,37-38,40-51H2,1-3H3/b11-8-,18-15-,19-16-,20-17-,26-24-,27-25-,31-30-,39-36-. The minimum atomic E-state index is -0.810. The fraction of sp³-hybridized carbons (Fsp3) is 0.655. The molecule has 0 radical (unpaired) electrons. The molecule has 0 spiro atoms. The minimum absolute atomic E-state index is 0.107. The monoisotopic (exact) mass is 847 g/mol. The highest BCUT2D eigenvalue weighted by Gasteiger charge is 2.19. The van der Waals surface area contributed by atoms with E-state index in [0.29, 0.717) is 19.3 Å². The van der Waals surface area contributed by atoms with Crippen LogP contribution in [0.1, 0.15) is 213 Å². The van der Waals surface area contributed by atoms with Gasteiger partial charge in [0, 0.05) is 19.3 Å². The van der Waals surface area contributed by atoms with E-state index in [2.05, 4.69) is 118 Å². The lowest BCUT2D eigenvalue weighted by atomic mass is 10.1. The number of hydrogen-bond donors (Lipinski definition) is 0. The van der Waals surface area contributed by atoms with Gasteiger partial charge in [0.05, 0.1) is 0 Å². The maximum atomic E-state index is 12.8. The SMILES string of the molecule is CC/C=C\C/C=C\C/C=C\CCCCCCCCC(=O)OC(COC(=O)CCC/C=C\C/C=C\C/C=C\C/C=C\CCCCC)COC(=O)CCCCCC/C=C\CCCC. The van der Waals surface area contributed by atoms with Crippen molar-refractivity contribution in [3.8, 4) is 0 Å². The van der Waals surface area contributed by atoms with E-state index in [0.717, 1.165) is 116 Å². The van der Waals surface area contributed by atoms with Gasteiger partial charge in [0.2, 0.25) is 0 Å². The summed E-state index contributed by atoms with van der Waals surface area (Å²) in [6, 6.07) is 0. The molecule has 0 aromatic rings. The molecule has 0 aliphatic rings. The molecular weight excluding hydrogens is 757 g/mol. The van der Waals surface area contributed by atoms with Crippen LogP contribution < -0.4 is 0 Å². The lowest BCUT2D eigenvalue weighted by Crippen LogP contribution is -2.30. The smallest absolute Gasteiger partial charge is 0.306 e. The van der Waals surface area contributed by atoms with Crippen molar-refractivity contribution >= 4 is 17.9 Å². The van der Waals surface area contributed by atoms with E-state index < -0.39 is 6.10 Å². The second kappa shape index (κ2) is 49.0. The molecule has 0 fully saturated rings. The van der Waals surface area contributed by atoms with E-state index in [9.17, 15) is 14.4 Å². The zero-order valence-electron chi connectivity index (χ0n) is 39.4. The van der Waals surface area contributed by atoms with Gasteiger partial charge in [-0.3, -0.25) is 14.4 Å². The van der Waals surface area contributed by atoms with Gasteiger partial charge < -0.3 is 14.2 Å². The number of esters is 3. The molecule has 0 saturated carbocycles. The molecule has 0 rings (SSSR count). The van der Waals surface area contributed by atoms with Crippen LogP contribution in [-0.4, -0.2) is 37.2 Å². The zero-order valence-corrected chi connectivity index (χ0v) is 39.4. The molecule has 0 saturated heterocycles. The molecule has 0 aromatic heterocycles. The van der Waals surface area contributed by atoms with Gasteiger partial charge >= 0.3 is 17.9 Å². The Hall–Kier alpha value is -3.67. The van der Waals surface area contributed by atoms with Gasteiger partial charge in [-0.05, 0) is 109 Å². The normalized spacial score (nSPS) is 12.9. The van der Waals surface area contributed by atoms with Crippen molar-refractivity contribution in [3.05, 3.63) is 97.2 Å². The Labute approximate surface area is 375 Å². The highest BCUT2D eigenvalue weighted by atomic mass is 16.6. The van der Waals surface area contributed by atoms with Crippen LogP contribution in [0.5, 0.6) is 0 Å². The van der Waals surface area contributed by atoms with Crippen molar-refractivity contribution in [2.75, 3.05) is 13.2 Å². The lowest BCUT2D eigenvalue weighted by molar-refractivity contribution is -0.167. The highest BCUT2D eigenvalue weighted by Crippen LogP contribution is 2.12. The molecule has 1 unspecified atom stereocenters. The average molecular weight is 847 g/mol. The van der Waals surface area contributed by atoms with Crippen LogP contribution in [-0.2, 0) is 28.6 Å². The average Bonchev–Trinajstić information content (AvgIpc) is 3.26. The minimum Gasteiger partial charge on any atom is -0.462 e. The second-order valence-corrected chi connectivity index (χ2v) is 16.0. The topological polar surface area (TPSA) is 78.9 Å². The Bertz CT molecular complexity index is 1250. The third kappa shape index (κ3) is 47.2. The zero-order chi connectivity index (χ0) is 44.4. The number of carbonyl (C=O) groups is 3. The van der Waals surface area contributed by atoms with Gasteiger partial charge in [-0.1, -0.05) is 182 Å². The fourth-order valence-corrected chi connectivity index (χ4v) is 6.31. The van der Waals surface area contributed by atoms with Crippen LogP contribution >= 0.6 is 0 Å². The number of rotatable bonds is 43. The Balaban J connectivity index is 4.50. The summed E-state index contributed by atoms with van der Waals surface area (Å²) in [6.45, 7) is 6.37. The number of carbonyl (C=O) groups excluding carboxylic acids is 3. The first-order chi connectivity index (χ1) is 30.0. The fourth-order valence-electron chi connectivity index (χ4n) is 6.31. The van der Waals surface area contributed by atoms with E-state index in [1.165, 1.54) is 51.4 Å². The summed E-state index contributed by atoms with van der Waals surface area (Å²) in [5.74, 6) is -0.998. The van der Waals surface area contributed by atoms with Gasteiger partial charge in [0.1, 0.15) is 13.2 Å². The third-order valence-corrected chi connectivity index (χ3v) is 10.0. The number of ether oxygens (including phenoxy) is 3. The molecule has 0 amide bonds. The Morgan fingerprint density at radius 2 is 0.672 bits per heavy atom. The summed E-state index contributed by atoms with van der Waals surface area (Å²) < 4.78 is 16.7. The molecule has 6 nitrogen and oxygen atoms in total. The molecule has 346 valence electrons. The van der Waals surface area contributed by atoms with Crippen LogP contribution in [0.15, 0.2) is 97.2 Å². The van der Waals surface area contributed by atoms with Crippen molar-refractivity contribution in [1.29, 1.82) is 0 Å². The van der Waals surface area contributed by atoms with E-state index in [4.69, 9.17) is 14.2 Å². The Morgan fingerprint density at radius 3 is 1.13 bits per heavy atom. The van der Waals surface area contributed by atoms with Gasteiger partial charge in [-0.25, -0.2) is 0 Å². The summed E-state index contributed by atoms with van der Waals surface area (Å²) >= 11 is 0. The highest BCUT2D eigenvalue weighted by molar-refractivity contribution is 5.71. The van der Waals surface area contributed by atoms with Gasteiger partial charge in [-0.2, -0.15) is 0 Å². The van der Waals surface area contributed by atoms with Crippen LogP contribution in [0.25, 0.3) is 0 Å². The molecular formula is C55H90O6. The van der Waals surface area contributed by atoms with Crippen molar-refractivity contribution < 1.29 is 28.6 Å². The molecule has 0 aliphatic carbocycles. The molecule has 0 aliphatic heterocycles. The van der Waals surface area contributed by atoms with Crippen molar-refractivity contribution in [3.63, 3.8) is 0 Å².